The van der Waals surface area contributed by atoms with Crippen LogP contribution in [0.4, 0.5) is 4.79 Å². The zero-order valence-corrected chi connectivity index (χ0v) is 12.0. The summed E-state index contributed by atoms with van der Waals surface area (Å²) in [4.78, 5) is 36.1. The van der Waals surface area contributed by atoms with Crippen LogP contribution in [-0.2, 0) is 14.3 Å². The van der Waals surface area contributed by atoms with Crippen molar-refractivity contribution < 1.29 is 24.2 Å². The maximum absolute atomic E-state index is 12.1. The molecule has 1 aliphatic rings. The zero-order valence-electron chi connectivity index (χ0n) is 12.0. The van der Waals surface area contributed by atoms with Crippen molar-refractivity contribution in [3.8, 4) is 0 Å². The molecular weight excluding hydrogens is 264 g/mol. The zero-order chi connectivity index (χ0) is 15.2. The number of urea groups is 1. The molecule has 0 radical (unpaired) electrons. The number of nitrogens with zero attached hydrogens (tertiary/aromatic N) is 1. The normalized spacial score (nSPS) is 15.9. The van der Waals surface area contributed by atoms with Crippen LogP contribution in [0, 0.1) is 0 Å². The van der Waals surface area contributed by atoms with Gasteiger partial charge in [0.15, 0.2) is 0 Å². The minimum absolute atomic E-state index is 0.163. The van der Waals surface area contributed by atoms with Crippen molar-refractivity contribution in [1.82, 2.24) is 10.2 Å². The van der Waals surface area contributed by atoms with Gasteiger partial charge in [0.05, 0.1) is 6.61 Å². The highest BCUT2D eigenvalue weighted by molar-refractivity contribution is 5.88. The molecule has 0 aromatic carbocycles. The van der Waals surface area contributed by atoms with Crippen LogP contribution in [0.3, 0.4) is 0 Å². The minimum Gasteiger partial charge on any atom is -0.480 e. The topological polar surface area (TPSA) is 95.9 Å². The van der Waals surface area contributed by atoms with E-state index in [1.165, 1.54) is 4.90 Å². The Morgan fingerprint density at radius 3 is 2.35 bits per heavy atom. The Morgan fingerprint density at radius 1 is 1.30 bits per heavy atom. The van der Waals surface area contributed by atoms with Gasteiger partial charge in [-0.1, -0.05) is 6.92 Å². The third-order valence-corrected chi connectivity index (χ3v) is 3.37. The number of ether oxygens (including phenoxy) is 1. The summed E-state index contributed by atoms with van der Waals surface area (Å²) in [5.41, 5.74) is -1.17. The Kier molecular flexibility index (Phi) is 5.79. The van der Waals surface area contributed by atoms with Crippen molar-refractivity contribution in [3.05, 3.63) is 0 Å². The van der Waals surface area contributed by atoms with Crippen LogP contribution in [0.25, 0.3) is 0 Å². The molecule has 1 saturated carbocycles. The SMILES string of the molecule is CCCN(CC(=O)OCC)C(=O)NC1(C(=O)O)CCC1. The molecule has 114 valence electrons. The van der Waals surface area contributed by atoms with Gasteiger partial charge in [0.2, 0.25) is 0 Å². The molecule has 0 saturated heterocycles. The number of carboxylic acid groups (broad SMARTS) is 1. The van der Waals surface area contributed by atoms with Crippen LogP contribution in [0.2, 0.25) is 0 Å². The van der Waals surface area contributed by atoms with E-state index in [9.17, 15) is 19.5 Å². The third kappa shape index (κ3) is 3.85. The standard InChI is InChI=1S/C13H22N2O5/c1-3-8-15(9-10(16)20-4-2)12(19)14-13(11(17)18)6-5-7-13/h3-9H2,1-2H3,(H,14,19)(H,17,18). The van der Waals surface area contributed by atoms with E-state index in [0.29, 0.717) is 25.8 Å². The van der Waals surface area contributed by atoms with Gasteiger partial charge in [0, 0.05) is 6.54 Å². The number of hydrogen-bond acceptors (Lipinski definition) is 4. The summed E-state index contributed by atoms with van der Waals surface area (Å²) in [6, 6.07) is -0.526. The summed E-state index contributed by atoms with van der Waals surface area (Å²) in [5.74, 6) is -1.52. The molecule has 0 unspecified atom stereocenters. The molecule has 0 aliphatic heterocycles. The molecule has 0 heterocycles. The van der Waals surface area contributed by atoms with Crippen LogP contribution in [0.5, 0.6) is 0 Å². The predicted octanol–water partition coefficient (Wildman–Crippen LogP) is 0.978. The summed E-state index contributed by atoms with van der Waals surface area (Å²) in [5, 5.41) is 11.7. The summed E-state index contributed by atoms with van der Waals surface area (Å²) < 4.78 is 4.81. The van der Waals surface area contributed by atoms with Gasteiger partial charge in [-0.25, -0.2) is 9.59 Å². The summed E-state index contributed by atoms with van der Waals surface area (Å²) in [7, 11) is 0. The number of hydrogen-bond donors (Lipinski definition) is 2. The first-order chi connectivity index (χ1) is 9.45. The number of carbonyl (C=O) groups is 3. The van der Waals surface area contributed by atoms with Crippen molar-refractivity contribution in [2.24, 2.45) is 0 Å². The van der Waals surface area contributed by atoms with Crippen LogP contribution < -0.4 is 5.32 Å². The van der Waals surface area contributed by atoms with E-state index in [0.717, 1.165) is 6.42 Å². The number of carboxylic acids is 1. The number of nitrogens with one attached hydrogen (secondary N) is 1. The lowest BCUT2D eigenvalue weighted by atomic mass is 9.77. The molecule has 0 spiro atoms. The van der Waals surface area contributed by atoms with E-state index >= 15 is 0 Å². The van der Waals surface area contributed by atoms with Crippen LogP contribution in [0.1, 0.15) is 39.5 Å². The van der Waals surface area contributed by atoms with Crippen molar-refractivity contribution >= 4 is 18.0 Å². The lowest BCUT2D eigenvalue weighted by molar-refractivity contribution is -0.148. The Balaban J connectivity index is 2.64. The van der Waals surface area contributed by atoms with Crippen LogP contribution >= 0.6 is 0 Å². The molecular formula is C13H22N2O5. The molecule has 2 amide bonds. The lowest BCUT2D eigenvalue weighted by Gasteiger charge is -2.39. The Morgan fingerprint density at radius 2 is 1.95 bits per heavy atom. The van der Waals surface area contributed by atoms with Crippen LogP contribution in [-0.4, -0.2) is 53.2 Å². The van der Waals surface area contributed by atoms with Crippen molar-refractivity contribution in [3.63, 3.8) is 0 Å². The van der Waals surface area contributed by atoms with Crippen molar-refractivity contribution in [2.75, 3.05) is 19.7 Å². The number of carbonyl (C=O) groups excluding carboxylic acids is 2. The second-order valence-corrected chi connectivity index (χ2v) is 4.90. The van der Waals surface area contributed by atoms with Gasteiger partial charge >= 0.3 is 18.0 Å². The number of aliphatic carboxylic acids is 1. The largest absolute Gasteiger partial charge is 0.480 e. The summed E-state index contributed by atoms with van der Waals surface area (Å²) in [6.07, 6.45) is 2.30. The Hall–Kier alpha value is -1.79. The molecule has 7 nitrogen and oxygen atoms in total. The minimum atomic E-state index is -1.17. The highest BCUT2D eigenvalue weighted by atomic mass is 16.5. The summed E-state index contributed by atoms with van der Waals surface area (Å²) in [6.45, 7) is 4.03. The molecule has 1 aliphatic carbocycles. The molecule has 0 atom stereocenters. The van der Waals surface area contributed by atoms with E-state index in [2.05, 4.69) is 5.32 Å². The van der Waals surface area contributed by atoms with E-state index < -0.39 is 23.5 Å². The van der Waals surface area contributed by atoms with Gasteiger partial charge in [-0.2, -0.15) is 0 Å². The first-order valence-corrected chi connectivity index (χ1v) is 6.91. The molecule has 7 heteroatoms. The highest BCUT2D eigenvalue weighted by Gasteiger charge is 2.46. The molecule has 20 heavy (non-hydrogen) atoms. The fraction of sp³-hybridized carbons (Fsp3) is 0.769. The third-order valence-electron chi connectivity index (χ3n) is 3.37. The maximum Gasteiger partial charge on any atom is 0.329 e. The van der Waals surface area contributed by atoms with Gasteiger partial charge in [-0.15, -0.1) is 0 Å². The number of esters is 1. The van der Waals surface area contributed by atoms with Gasteiger partial charge in [0.25, 0.3) is 0 Å². The average molecular weight is 286 g/mol. The lowest BCUT2D eigenvalue weighted by Crippen LogP contribution is -2.62. The number of rotatable bonds is 7. The van der Waals surface area contributed by atoms with E-state index in [1.54, 1.807) is 6.92 Å². The molecule has 2 N–H and O–H groups in total. The molecule has 0 aromatic rings. The number of amides is 2. The molecule has 0 bridgehead atoms. The average Bonchev–Trinajstić information content (AvgIpc) is 2.32. The fourth-order valence-electron chi connectivity index (χ4n) is 2.09. The van der Waals surface area contributed by atoms with Gasteiger partial charge in [-0.3, -0.25) is 4.79 Å². The van der Waals surface area contributed by atoms with Gasteiger partial charge in [0.1, 0.15) is 12.1 Å². The van der Waals surface area contributed by atoms with Crippen molar-refractivity contribution in [1.29, 1.82) is 0 Å². The fourth-order valence-corrected chi connectivity index (χ4v) is 2.09. The molecule has 0 aromatic heterocycles. The van der Waals surface area contributed by atoms with E-state index in [4.69, 9.17) is 4.74 Å². The first kappa shape index (κ1) is 16.3. The second-order valence-electron chi connectivity index (χ2n) is 4.90. The predicted molar refractivity (Wildman–Crippen MR) is 71.2 cm³/mol. The van der Waals surface area contributed by atoms with Crippen molar-refractivity contribution in [2.45, 2.75) is 45.1 Å². The first-order valence-electron chi connectivity index (χ1n) is 6.91. The van der Waals surface area contributed by atoms with E-state index in [1.807, 2.05) is 6.92 Å². The quantitative estimate of drug-likeness (QED) is 0.680. The van der Waals surface area contributed by atoms with Gasteiger partial charge < -0.3 is 20.1 Å². The molecule has 1 fully saturated rings. The highest BCUT2D eigenvalue weighted by Crippen LogP contribution is 2.32. The molecule has 1 rings (SSSR count). The summed E-state index contributed by atoms with van der Waals surface area (Å²) >= 11 is 0. The monoisotopic (exact) mass is 286 g/mol. The Bertz CT molecular complexity index is 379. The van der Waals surface area contributed by atoms with Crippen LogP contribution in [0.15, 0.2) is 0 Å². The van der Waals surface area contributed by atoms with Gasteiger partial charge in [-0.05, 0) is 32.6 Å². The smallest absolute Gasteiger partial charge is 0.329 e. The maximum atomic E-state index is 12.1. The second kappa shape index (κ2) is 7.12. The Labute approximate surface area is 118 Å². The van der Waals surface area contributed by atoms with E-state index in [-0.39, 0.29) is 13.2 Å².